The fourth-order valence-electron chi connectivity index (χ4n) is 2.64. The molecule has 2 aliphatic heterocycles. The van der Waals surface area contributed by atoms with Crippen LogP contribution in [0.15, 0.2) is 17.3 Å². The molecule has 1 saturated heterocycles. The molecule has 1 aromatic rings. The van der Waals surface area contributed by atoms with Gasteiger partial charge in [0, 0.05) is 32.1 Å². The van der Waals surface area contributed by atoms with Crippen LogP contribution in [0, 0.1) is 0 Å². The highest BCUT2D eigenvalue weighted by Gasteiger charge is 2.30. The smallest absolute Gasteiger partial charge is 0.264 e. The summed E-state index contributed by atoms with van der Waals surface area (Å²) in [6.45, 7) is 6.03. The molecule has 8 heteroatoms. The molecule has 1 aromatic heterocycles. The molecule has 0 saturated carbocycles. The van der Waals surface area contributed by atoms with Crippen LogP contribution in [0.3, 0.4) is 0 Å². The highest BCUT2D eigenvalue weighted by atomic mass is 35.5. The lowest BCUT2D eigenvalue weighted by Crippen LogP contribution is -2.48. The van der Waals surface area contributed by atoms with Crippen molar-refractivity contribution in [3.8, 4) is 0 Å². The standard InChI is InChI=1S/C15H20ClN3O3S/c1-10(19-4-6-21-7-5-19)9-17-15(20)12-8-11(18-22-12)13-2-3-14(16)23-13/h2-3,10,12H,4-9H2,1H3,(H,17,20)/t10-,12+/m1/s1. The van der Waals surface area contributed by atoms with E-state index in [1.165, 1.54) is 11.3 Å². The summed E-state index contributed by atoms with van der Waals surface area (Å²) in [6, 6.07) is 4.00. The van der Waals surface area contributed by atoms with Crippen LogP contribution in [0.4, 0.5) is 0 Å². The van der Waals surface area contributed by atoms with E-state index in [9.17, 15) is 4.79 Å². The van der Waals surface area contributed by atoms with Crippen molar-refractivity contribution in [3.05, 3.63) is 21.3 Å². The number of amides is 1. The molecule has 1 amide bonds. The van der Waals surface area contributed by atoms with E-state index < -0.39 is 6.10 Å². The zero-order valence-corrected chi connectivity index (χ0v) is 14.5. The Kier molecular flexibility index (Phi) is 5.53. The molecule has 0 spiro atoms. The van der Waals surface area contributed by atoms with Gasteiger partial charge in [-0.25, -0.2) is 0 Å². The summed E-state index contributed by atoms with van der Waals surface area (Å²) >= 11 is 7.37. The second kappa shape index (κ2) is 7.61. The van der Waals surface area contributed by atoms with Crippen LogP contribution in [0.2, 0.25) is 4.34 Å². The third kappa shape index (κ3) is 4.23. The summed E-state index contributed by atoms with van der Waals surface area (Å²) in [7, 11) is 0. The topological polar surface area (TPSA) is 63.2 Å². The number of rotatable bonds is 5. The first-order valence-electron chi connectivity index (χ1n) is 7.71. The Morgan fingerprint density at radius 1 is 1.52 bits per heavy atom. The first kappa shape index (κ1) is 16.7. The van der Waals surface area contributed by atoms with Crippen LogP contribution in [0.5, 0.6) is 0 Å². The number of carbonyl (C=O) groups is 1. The van der Waals surface area contributed by atoms with E-state index in [1.807, 2.05) is 12.1 Å². The van der Waals surface area contributed by atoms with Gasteiger partial charge >= 0.3 is 0 Å². The average Bonchev–Trinajstić information content (AvgIpc) is 3.22. The molecule has 0 aliphatic carbocycles. The minimum Gasteiger partial charge on any atom is -0.382 e. The van der Waals surface area contributed by atoms with Gasteiger partial charge in [0.2, 0.25) is 6.10 Å². The van der Waals surface area contributed by atoms with Gasteiger partial charge < -0.3 is 14.9 Å². The van der Waals surface area contributed by atoms with Crippen molar-refractivity contribution >= 4 is 34.6 Å². The quantitative estimate of drug-likeness (QED) is 0.871. The lowest BCUT2D eigenvalue weighted by atomic mass is 10.1. The fourth-order valence-corrected chi connectivity index (χ4v) is 3.68. The zero-order chi connectivity index (χ0) is 16.2. The molecule has 0 unspecified atom stereocenters. The Morgan fingerprint density at radius 2 is 2.30 bits per heavy atom. The Bertz CT molecular complexity index is 586. The predicted octanol–water partition coefficient (Wildman–Crippen LogP) is 1.73. The van der Waals surface area contributed by atoms with Gasteiger partial charge in [-0.1, -0.05) is 16.8 Å². The van der Waals surface area contributed by atoms with Crippen LogP contribution >= 0.6 is 22.9 Å². The minimum absolute atomic E-state index is 0.119. The molecule has 6 nitrogen and oxygen atoms in total. The van der Waals surface area contributed by atoms with Crippen LogP contribution in [-0.4, -0.2) is 61.5 Å². The molecule has 2 atom stereocenters. The molecular weight excluding hydrogens is 338 g/mol. The number of carbonyl (C=O) groups excluding carboxylic acids is 1. The van der Waals surface area contributed by atoms with Gasteiger partial charge in [-0.2, -0.15) is 0 Å². The molecule has 2 aliphatic rings. The highest BCUT2D eigenvalue weighted by molar-refractivity contribution is 7.18. The molecule has 3 heterocycles. The number of hydrogen-bond donors (Lipinski definition) is 1. The SMILES string of the molecule is C[C@H](CNC(=O)[C@@H]1CC(c2ccc(Cl)s2)=NO1)N1CCOCC1. The lowest BCUT2D eigenvalue weighted by Gasteiger charge is -2.32. The van der Waals surface area contributed by atoms with Crippen molar-refractivity contribution in [2.75, 3.05) is 32.8 Å². The minimum atomic E-state index is -0.553. The number of halogens is 1. The maximum atomic E-state index is 12.2. The van der Waals surface area contributed by atoms with E-state index in [4.69, 9.17) is 21.2 Å². The first-order chi connectivity index (χ1) is 11.1. The number of thiophene rings is 1. The monoisotopic (exact) mass is 357 g/mol. The van der Waals surface area contributed by atoms with Gasteiger partial charge in [-0.05, 0) is 19.1 Å². The fraction of sp³-hybridized carbons (Fsp3) is 0.600. The van der Waals surface area contributed by atoms with Crippen LogP contribution in [-0.2, 0) is 14.4 Å². The summed E-state index contributed by atoms with van der Waals surface area (Å²) in [4.78, 5) is 20.8. The van der Waals surface area contributed by atoms with Gasteiger partial charge in [0.05, 0.1) is 22.4 Å². The average molecular weight is 358 g/mol. The zero-order valence-electron chi connectivity index (χ0n) is 13.0. The van der Waals surface area contributed by atoms with Crippen molar-refractivity contribution in [2.45, 2.75) is 25.5 Å². The van der Waals surface area contributed by atoms with Crippen molar-refractivity contribution in [3.63, 3.8) is 0 Å². The van der Waals surface area contributed by atoms with Crippen molar-refractivity contribution in [1.29, 1.82) is 0 Å². The number of ether oxygens (including phenoxy) is 1. The van der Waals surface area contributed by atoms with E-state index in [0.717, 1.165) is 36.9 Å². The second-order valence-electron chi connectivity index (χ2n) is 5.68. The molecule has 1 N–H and O–H groups in total. The first-order valence-corrected chi connectivity index (χ1v) is 8.91. The number of oxime groups is 1. The Hall–Kier alpha value is -1.15. The van der Waals surface area contributed by atoms with Gasteiger partial charge in [-0.15, -0.1) is 11.3 Å². The van der Waals surface area contributed by atoms with Crippen LogP contribution in [0.25, 0.3) is 0 Å². The summed E-state index contributed by atoms with van der Waals surface area (Å²) in [5.41, 5.74) is 0.781. The van der Waals surface area contributed by atoms with Crippen LogP contribution < -0.4 is 5.32 Å². The number of hydrogen-bond acceptors (Lipinski definition) is 6. The Morgan fingerprint density at radius 3 is 3.00 bits per heavy atom. The maximum absolute atomic E-state index is 12.2. The van der Waals surface area contributed by atoms with E-state index in [1.54, 1.807) is 0 Å². The normalized spacial score (nSPS) is 23.2. The van der Waals surface area contributed by atoms with Gasteiger partial charge in [-0.3, -0.25) is 9.69 Å². The molecule has 0 aromatic carbocycles. The molecule has 0 bridgehead atoms. The number of nitrogens with zero attached hydrogens (tertiary/aromatic N) is 2. The van der Waals surface area contributed by atoms with Crippen molar-refractivity contribution in [1.82, 2.24) is 10.2 Å². The predicted molar refractivity (Wildman–Crippen MR) is 90.2 cm³/mol. The van der Waals surface area contributed by atoms with Crippen molar-refractivity contribution < 1.29 is 14.4 Å². The lowest BCUT2D eigenvalue weighted by molar-refractivity contribution is -0.131. The Labute approximate surface area is 144 Å². The third-order valence-electron chi connectivity index (χ3n) is 4.06. The van der Waals surface area contributed by atoms with Gasteiger partial charge in [0.15, 0.2) is 0 Å². The summed E-state index contributed by atoms with van der Waals surface area (Å²) in [5, 5.41) is 6.98. The number of nitrogens with one attached hydrogen (secondary N) is 1. The molecule has 3 rings (SSSR count). The number of morpholine rings is 1. The highest BCUT2D eigenvalue weighted by Crippen LogP contribution is 2.26. The Balaban J connectivity index is 1.44. The molecule has 126 valence electrons. The van der Waals surface area contributed by atoms with E-state index in [0.29, 0.717) is 17.3 Å². The van der Waals surface area contributed by atoms with E-state index in [-0.39, 0.29) is 11.9 Å². The molecule has 23 heavy (non-hydrogen) atoms. The summed E-state index contributed by atoms with van der Waals surface area (Å²) in [5.74, 6) is -0.119. The van der Waals surface area contributed by atoms with Crippen molar-refractivity contribution in [2.24, 2.45) is 5.16 Å². The second-order valence-corrected chi connectivity index (χ2v) is 7.40. The summed E-state index contributed by atoms with van der Waals surface area (Å²) in [6.07, 6.45) is -0.0722. The molecule has 1 fully saturated rings. The molecule has 0 radical (unpaired) electrons. The van der Waals surface area contributed by atoms with E-state index in [2.05, 4.69) is 22.3 Å². The van der Waals surface area contributed by atoms with Gasteiger partial charge in [0.1, 0.15) is 5.71 Å². The maximum Gasteiger partial charge on any atom is 0.264 e. The third-order valence-corrected chi connectivity index (χ3v) is 5.34. The summed E-state index contributed by atoms with van der Waals surface area (Å²) < 4.78 is 6.04. The van der Waals surface area contributed by atoms with Gasteiger partial charge in [0.25, 0.3) is 5.91 Å². The van der Waals surface area contributed by atoms with Crippen LogP contribution in [0.1, 0.15) is 18.2 Å². The largest absolute Gasteiger partial charge is 0.382 e. The molecular formula is C15H20ClN3O3S. The van der Waals surface area contributed by atoms with E-state index >= 15 is 0 Å².